The average molecular weight is 365 g/mol. The lowest BCUT2D eigenvalue weighted by Gasteiger charge is -2.22. The molecule has 1 rings (SSSR count). The van der Waals surface area contributed by atoms with Gasteiger partial charge in [-0.3, -0.25) is 9.59 Å². The largest absolute Gasteiger partial charge is 0.493 e. The first kappa shape index (κ1) is 21.8. The van der Waals surface area contributed by atoms with Crippen molar-refractivity contribution in [3.8, 4) is 11.5 Å². The van der Waals surface area contributed by atoms with Crippen LogP contribution >= 0.6 is 0 Å². The number of amides is 1. The van der Waals surface area contributed by atoms with Crippen molar-refractivity contribution in [1.29, 1.82) is 0 Å². The Bertz CT molecular complexity index is 573. The number of esters is 1. The van der Waals surface area contributed by atoms with Gasteiger partial charge >= 0.3 is 5.97 Å². The first-order chi connectivity index (χ1) is 12.5. The van der Waals surface area contributed by atoms with Crippen LogP contribution in [-0.4, -0.2) is 50.7 Å². The van der Waals surface area contributed by atoms with E-state index < -0.39 is 0 Å². The molecule has 0 bridgehead atoms. The normalized spacial score (nSPS) is 10.3. The van der Waals surface area contributed by atoms with Gasteiger partial charge in [0.15, 0.2) is 11.5 Å². The van der Waals surface area contributed by atoms with E-state index in [4.69, 9.17) is 14.2 Å². The summed E-state index contributed by atoms with van der Waals surface area (Å²) in [5, 5.41) is 0. The zero-order valence-electron chi connectivity index (χ0n) is 16.4. The third-order valence-corrected chi connectivity index (χ3v) is 4.11. The summed E-state index contributed by atoms with van der Waals surface area (Å²) < 4.78 is 15.5. The Hall–Kier alpha value is -2.24. The Kier molecular flexibility index (Phi) is 10.2. The molecule has 146 valence electrons. The number of carbonyl (C=O) groups excluding carboxylic acids is 2. The van der Waals surface area contributed by atoms with Crippen LogP contribution in [0.5, 0.6) is 11.5 Å². The molecule has 0 aromatic heterocycles. The second kappa shape index (κ2) is 12.2. The highest BCUT2D eigenvalue weighted by molar-refractivity contribution is 5.77. The van der Waals surface area contributed by atoms with Crippen LogP contribution in [0.15, 0.2) is 18.2 Å². The van der Waals surface area contributed by atoms with Gasteiger partial charge in [-0.25, -0.2) is 0 Å². The Balaban J connectivity index is 2.71. The molecule has 0 unspecified atom stereocenters. The molecule has 0 radical (unpaired) electrons. The summed E-state index contributed by atoms with van der Waals surface area (Å²) in [6.45, 7) is 5.12. The maximum absolute atomic E-state index is 12.4. The smallest absolute Gasteiger partial charge is 0.307 e. The van der Waals surface area contributed by atoms with E-state index >= 15 is 0 Å². The summed E-state index contributed by atoms with van der Waals surface area (Å²) in [7, 11) is 3.20. The second-order valence-electron chi connectivity index (χ2n) is 5.98. The molecular formula is C20H31NO5. The van der Waals surface area contributed by atoms with Gasteiger partial charge < -0.3 is 19.1 Å². The molecule has 0 fully saturated rings. The minimum absolute atomic E-state index is 0.0802. The average Bonchev–Trinajstić information content (AvgIpc) is 2.66. The fourth-order valence-electron chi connectivity index (χ4n) is 2.61. The zero-order valence-corrected chi connectivity index (χ0v) is 16.4. The molecule has 0 saturated carbocycles. The minimum Gasteiger partial charge on any atom is -0.493 e. The minimum atomic E-state index is -0.271. The van der Waals surface area contributed by atoms with Crippen LogP contribution < -0.4 is 9.47 Å². The predicted molar refractivity (Wildman–Crippen MR) is 101 cm³/mol. The Morgan fingerprint density at radius 3 is 2.35 bits per heavy atom. The molecule has 26 heavy (non-hydrogen) atoms. The molecule has 1 amide bonds. The van der Waals surface area contributed by atoms with Crippen LogP contribution in [0.3, 0.4) is 0 Å². The fraction of sp³-hybridized carbons (Fsp3) is 0.600. The number of methoxy groups -OCH3 is 2. The van der Waals surface area contributed by atoms with Crippen LogP contribution in [0, 0.1) is 0 Å². The van der Waals surface area contributed by atoms with Crippen molar-refractivity contribution in [1.82, 2.24) is 4.90 Å². The van der Waals surface area contributed by atoms with E-state index in [9.17, 15) is 9.59 Å². The molecule has 0 aliphatic rings. The quantitative estimate of drug-likeness (QED) is 0.532. The van der Waals surface area contributed by atoms with Crippen molar-refractivity contribution in [2.75, 3.05) is 33.9 Å². The number of ether oxygens (including phenoxy) is 3. The first-order valence-electron chi connectivity index (χ1n) is 9.19. The van der Waals surface area contributed by atoms with Crippen LogP contribution in [0.4, 0.5) is 0 Å². The second-order valence-corrected chi connectivity index (χ2v) is 5.98. The van der Waals surface area contributed by atoms with Crippen molar-refractivity contribution < 1.29 is 23.8 Å². The molecule has 1 aromatic carbocycles. The number of carbonyl (C=O) groups is 2. The molecule has 6 nitrogen and oxygen atoms in total. The lowest BCUT2D eigenvalue weighted by molar-refractivity contribution is -0.144. The summed E-state index contributed by atoms with van der Waals surface area (Å²) in [6, 6.07) is 5.73. The van der Waals surface area contributed by atoms with Gasteiger partial charge in [-0.05, 0) is 37.5 Å². The van der Waals surface area contributed by atoms with E-state index in [1.54, 1.807) is 26.0 Å². The van der Waals surface area contributed by atoms with Crippen LogP contribution in [-0.2, 0) is 20.7 Å². The lowest BCUT2D eigenvalue weighted by atomic mass is 10.1. The first-order valence-corrected chi connectivity index (χ1v) is 9.19. The number of hydrogen-bond donors (Lipinski definition) is 0. The Labute approximate surface area is 156 Å². The summed E-state index contributed by atoms with van der Waals surface area (Å²) in [4.78, 5) is 25.8. The van der Waals surface area contributed by atoms with Gasteiger partial charge in [-0.2, -0.15) is 0 Å². The van der Waals surface area contributed by atoms with Gasteiger partial charge in [0.05, 0.1) is 27.2 Å². The highest BCUT2D eigenvalue weighted by atomic mass is 16.5. The number of benzene rings is 1. The van der Waals surface area contributed by atoms with Crippen LogP contribution in [0.2, 0.25) is 0 Å². The maximum Gasteiger partial charge on any atom is 0.307 e. The number of unbranched alkanes of at least 4 members (excludes halogenated alkanes) is 1. The molecule has 1 aromatic rings. The van der Waals surface area contributed by atoms with E-state index in [2.05, 4.69) is 6.92 Å². The molecule has 0 spiro atoms. The number of nitrogens with zero attached hydrogens (tertiary/aromatic N) is 1. The zero-order chi connectivity index (χ0) is 19.4. The van der Waals surface area contributed by atoms with Gasteiger partial charge in [0.25, 0.3) is 0 Å². The Morgan fingerprint density at radius 1 is 1.00 bits per heavy atom. The molecule has 0 heterocycles. The van der Waals surface area contributed by atoms with E-state index in [0.717, 1.165) is 18.4 Å². The highest BCUT2D eigenvalue weighted by Crippen LogP contribution is 2.27. The van der Waals surface area contributed by atoms with Crippen molar-refractivity contribution >= 4 is 11.9 Å². The molecule has 6 heteroatoms. The van der Waals surface area contributed by atoms with Crippen molar-refractivity contribution in [2.45, 2.75) is 46.0 Å². The lowest BCUT2D eigenvalue weighted by Crippen LogP contribution is -2.34. The van der Waals surface area contributed by atoms with E-state index in [1.807, 2.05) is 18.2 Å². The maximum atomic E-state index is 12.4. The fourth-order valence-corrected chi connectivity index (χ4v) is 2.61. The van der Waals surface area contributed by atoms with E-state index in [0.29, 0.717) is 44.0 Å². The third kappa shape index (κ3) is 7.33. The number of rotatable bonds is 12. The predicted octanol–water partition coefficient (Wildman–Crippen LogP) is 3.22. The summed E-state index contributed by atoms with van der Waals surface area (Å²) in [5.41, 5.74) is 1.05. The van der Waals surface area contributed by atoms with Crippen molar-refractivity contribution in [2.24, 2.45) is 0 Å². The highest BCUT2D eigenvalue weighted by Gasteiger charge is 2.15. The monoisotopic (exact) mass is 365 g/mol. The van der Waals surface area contributed by atoms with Gasteiger partial charge in [0.2, 0.25) is 5.91 Å². The summed E-state index contributed by atoms with van der Waals surface area (Å²) >= 11 is 0. The van der Waals surface area contributed by atoms with Gasteiger partial charge in [0, 0.05) is 19.5 Å². The van der Waals surface area contributed by atoms with Gasteiger partial charge in [-0.15, -0.1) is 0 Å². The van der Waals surface area contributed by atoms with Crippen molar-refractivity contribution in [3.05, 3.63) is 23.8 Å². The van der Waals surface area contributed by atoms with Gasteiger partial charge in [-0.1, -0.05) is 19.4 Å². The molecule has 0 aliphatic carbocycles. The van der Waals surface area contributed by atoms with E-state index in [-0.39, 0.29) is 18.3 Å². The molecule has 0 N–H and O–H groups in total. The standard InChI is InChI=1S/C20H31NO5/c1-5-7-8-19(22)21(14-12-20(23)26-6-2)13-11-16-9-10-17(24-3)18(15-16)25-4/h9-10,15H,5-8,11-14H2,1-4H3. The van der Waals surface area contributed by atoms with E-state index in [1.165, 1.54) is 0 Å². The summed E-state index contributed by atoms with van der Waals surface area (Å²) in [5.74, 6) is 1.15. The molecule has 0 saturated heterocycles. The third-order valence-electron chi connectivity index (χ3n) is 4.11. The van der Waals surface area contributed by atoms with Crippen molar-refractivity contribution in [3.63, 3.8) is 0 Å². The molecule has 0 aliphatic heterocycles. The Morgan fingerprint density at radius 2 is 1.73 bits per heavy atom. The number of hydrogen-bond acceptors (Lipinski definition) is 5. The summed E-state index contributed by atoms with van der Waals surface area (Å²) in [6.07, 6.45) is 3.22. The van der Waals surface area contributed by atoms with Crippen LogP contribution in [0.1, 0.15) is 45.1 Å². The molecule has 0 atom stereocenters. The molecular weight excluding hydrogens is 334 g/mol. The van der Waals surface area contributed by atoms with Crippen LogP contribution in [0.25, 0.3) is 0 Å². The topological polar surface area (TPSA) is 65.1 Å². The SMILES string of the molecule is CCCCC(=O)N(CCC(=O)OCC)CCc1ccc(OC)c(OC)c1. The van der Waals surface area contributed by atoms with Gasteiger partial charge in [0.1, 0.15) is 0 Å².